The van der Waals surface area contributed by atoms with Crippen LogP contribution in [0, 0.1) is 0 Å². The summed E-state index contributed by atoms with van der Waals surface area (Å²) in [5.41, 5.74) is 6.75. The lowest BCUT2D eigenvalue weighted by Gasteiger charge is -2.27. The molecule has 138 valence electrons. The molecule has 2 aromatic rings. The Labute approximate surface area is 152 Å². The number of likely N-dealkylation sites (N-methyl/N-ethyl adjacent to an activating group) is 1. The van der Waals surface area contributed by atoms with E-state index in [4.69, 9.17) is 15.2 Å². The molecule has 7 nitrogen and oxygen atoms in total. The van der Waals surface area contributed by atoms with Crippen LogP contribution in [-0.4, -0.2) is 38.1 Å². The van der Waals surface area contributed by atoms with E-state index >= 15 is 0 Å². The van der Waals surface area contributed by atoms with Crippen molar-refractivity contribution in [3.63, 3.8) is 0 Å². The Morgan fingerprint density at radius 1 is 1.12 bits per heavy atom. The van der Waals surface area contributed by atoms with E-state index < -0.39 is 18.0 Å². The largest absolute Gasteiger partial charge is 0.497 e. The number of nitrogens with zero attached hydrogens (tertiary/aromatic N) is 1. The van der Waals surface area contributed by atoms with Crippen molar-refractivity contribution < 1.29 is 19.1 Å². The highest BCUT2D eigenvalue weighted by Gasteiger charge is 2.26. The zero-order valence-electron chi connectivity index (χ0n) is 15.1. The van der Waals surface area contributed by atoms with E-state index in [0.717, 1.165) is 11.1 Å². The van der Waals surface area contributed by atoms with Gasteiger partial charge in [-0.1, -0.05) is 36.4 Å². The number of methoxy groups -OCH3 is 2. The van der Waals surface area contributed by atoms with E-state index in [-0.39, 0.29) is 0 Å². The molecule has 3 amide bonds. The predicted octanol–water partition coefficient (Wildman–Crippen LogP) is 2.07. The van der Waals surface area contributed by atoms with Gasteiger partial charge in [0.05, 0.1) is 14.2 Å². The number of carbonyl (C=O) groups excluding carboxylic acids is 2. The van der Waals surface area contributed by atoms with Gasteiger partial charge in [0.2, 0.25) is 5.91 Å². The lowest BCUT2D eigenvalue weighted by Crippen LogP contribution is -2.43. The average molecular weight is 357 g/mol. The third kappa shape index (κ3) is 4.73. The van der Waals surface area contributed by atoms with E-state index in [2.05, 4.69) is 5.32 Å². The molecule has 0 unspecified atom stereocenters. The van der Waals surface area contributed by atoms with Crippen LogP contribution in [0.1, 0.15) is 17.2 Å². The average Bonchev–Trinajstić information content (AvgIpc) is 2.62. The number of amides is 3. The highest BCUT2D eigenvalue weighted by atomic mass is 16.5. The van der Waals surface area contributed by atoms with Gasteiger partial charge in [-0.25, -0.2) is 4.79 Å². The van der Waals surface area contributed by atoms with Crippen LogP contribution in [0.3, 0.4) is 0 Å². The van der Waals surface area contributed by atoms with Crippen molar-refractivity contribution in [3.05, 3.63) is 59.7 Å². The maximum absolute atomic E-state index is 12.5. The molecule has 0 aliphatic carbocycles. The summed E-state index contributed by atoms with van der Waals surface area (Å²) >= 11 is 0. The van der Waals surface area contributed by atoms with Crippen LogP contribution >= 0.6 is 0 Å². The van der Waals surface area contributed by atoms with Crippen molar-refractivity contribution in [2.45, 2.75) is 12.6 Å². The number of primary amides is 1. The molecule has 0 saturated carbocycles. The molecule has 0 aromatic heterocycles. The quantitative estimate of drug-likeness (QED) is 0.791. The number of urea groups is 1. The minimum atomic E-state index is -0.883. The smallest absolute Gasteiger partial charge is 0.318 e. The van der Waals surface area contributed by atoms with Crippen molar-refractivity contribution in [2.24, 2.45) is 5.73 Å². The Balaban J connectivity index is 2.31. The molecule has 3 N–H and O–H groups in total. The van der Waals surface area contributed by atoms with Gasteiger partial charge in [-0.3, -0.25) is 15.0 Å². The number of imide groups is 1. The Kier molecular flexibility index (Phi) is 6.57. The minimum Gasteiger partial charge on any atom is -0.497 e. The summed E-state index contributed by atoms with van der Waals surface area (Å²) in [5.74, 6) is 0.844. The number of carbonyl (C=O) groups is 2. The summed E-state index contributed by atoms with van der Waals surface area (Å²) < 4.78 is 10.6. The van der Waals surface area contributed by atoms with Crippen LogP contribution in [0.4, 0.5) is 4.79 Å². The minimum absolute atomic E-state index is 0.416. The summed E-state index contributed by atoms with van der Waals surface area (Å²) in [4.78, 5) is 25.5. The standard InChI is InChI=1S/C19H23N3O4/c1-22(12-14-9-10-15(25-2)11-16(14)26-3)17(18(23)21-19(20)24)13-7-5-4-6-8-13/h4-11,17H,12H2,1-3H3,(H3,20,21,23,24)/t17-/m1/s1. The number of hydrogen-bond donors (Lipinski definition) is 2. The van der Waals surface area contributed by atoms with E-state index in [1.807, 2.05) is 47.4 Å². The van der Waals surface area contributed by atoms with Gasteiger partial charge in [-0.15, -0.1) is 0 Å². The highest BCUT2D eigenvalue weighted by Crippen LogP contribution is 2.28. The number of ether oxygens (including phenoxy) is 2. The second-order valence-corrected chi connectivity index (χ2v) is 5.76. The second-order valence-electron chi connectivity index (χ2n) is 5.76. The zero-order valence-corrected chi connectivity index (χ0v) is 15.1. The molecule has 0 bridgehead atoms. The fourth-order valence-electron chi connectivity index (χ4n) is 2.77. The monoisotopic (exact) mass is 357 g/mol. The van der Waals surface area contributed by atoms with E-state index in [0.29, 0.717) is 18.0 Å². The highest BCUT2D eigenvalue weighted by molar-refractivity contribution is 5.96. The van der Waals surface area contributed by atoms with Gasteiger partial charge in [0.1, 0.15) is 17.5 Å². The van der Waals surface area contributed by atoms with Gasteiger partial charge in [0, 0.05) is 18.2 Å². The van der Waals surface area contributed by atoms with Gasteiger partial charge in [0.25, 0.3) is 0 Å². The van der Waals surface area contributed by atoms with Crippen molar-refractivity contribution in [2.75, 3.05) is 21.3 Å². The summed E-state index contributed by atoms with van der Waals surface area (Å²) in [6.45, 7) is 0.416. The van der Waals surface area contributed by atoms with E-state index in [1.165, 1.54) is 0 Å². The first-order valence-corrected chi connectivity index (χ1v) is 8.02. The van der Waals surface area contributed by atoms with Crippen molar-refractivity contribution >= 4 is 11.9 Å². The van der Waals surface area contributed by atoms with Gasteiger partial charge >= 0.3 is 6.03 Å². The summed E-state index contributed by atoms with van der Waals surface area (Å²) in [6, 6.07) is 13.1. The molecule has 0 aliphatic heterocycles. The lowest BCUT2D eigenvalue weighted by atomic mass is 10.0. The number of nitrogens with one attached hydrogen (secondary N) is 1. The molecule has 0 aliphatic rings. The molecule has 2 rings (SSSR count). The van der Waals surface area contributed by atoms with Crippen LogP contribution in [0.25, 0.3) is 0 Å². The van der Waals surface area contributed by atoms with Crippen molar-refractivity contribution in [3.8, 4) is 11.5 Å². The summed E-state index contributed by atoms with van der Waals surface area (Å²) in [6.07, 6.45) is 0. The fourth-order valence-corrected chi connectivity index (χ4v) is 2.77. The number of benzene rings is 2. The second kappa shape index (κ2) is 8.87. The summed E-state index contributed by atoms with van der Waals surface area (Å²) in [5, 5.41) is 2.16. The first kappa shape index (κ1) is 19.3. The maximum atomic E-state index is 12.5. The predicted molar refractivity (Wildman–Crippen MR) is 97.9 cm³/mol. The van der Waals surface area contributed by atoms with E-state index in [1.54, 1.807) is 27.3 Å². The SMILES string of the molecule is COc1ccc(CN(C)[C@@H](C(=O)NC(N)=O)c2ccccc2)c(OC)c1. The number of hydrogen-bond acceptors (Lipinski definition) is 5. The lowest BCUT2D eigenvalue weighted by molar-refractivity contribution is -0.125. The molecule has 0 saturated heterocycles. The van der Waals surface area contributed by atoms with Gasteiger partial charge in [-0.2, -0.15) is 0 Å². The first-order valence-electron chi connectivity index (χ1n) is 8.02. The van der Waals surface area contributed by atoms with E-state index in [9.17, 15) is 9.59 Å². The molecule has 0 fully saturated rings. The third-order valence-electron chi connectivity index (χ3n) is 3.96. The Bertz CT molecular complexity index is 765. The molecule has 2 aromatic carbocycles. The molecule has 26 heavy (non-hydrogen) atoms. The third-order valence-corrected chi connectivity index (χ3v) is 3.96. The Morgan fingerprint density at radius 2 is 1.81 bits per heavy atom. The first-order chi connectivity index (χ1) is 12.5. The Hall–Kier alpha value is -3.06. The van der Waals surface area contributed by atoms with Crippen molar-refractivity contribution in [1.29, 1.82) is 0 Å². The molecular weight excluding hydrogens is 334 g/mol. The number of nitrogens with two attached hydrogens (primary N) is 1. The molecular formula is C19H23N3O4. The summed E-state index contributed by atoms with van der Waals surface area (Å²) in [7, 11) is 4.95. The van der Waals surface area contributed by atoms with Crippen LogP contribution in [0.5, 0.6) is 11.5 Å². The van der Waals surface area contributed by atoms with Crippen LogP contribution in [0.15, 0.2) is 48.5 Å². The zero-order chi connectivity index (χ0) is 19.1. The normalized spacial score (nSPS) is 11.7. The molecule has 0 heterocycles. The topological polar surface area (TPSA) is 93.9 Å². The molecule has 1 atom stereocenters. The molecule has 0 spiro atoms. The van der Waals surface area contributed by atoms with Crippen molar-refractivity contribution in [1.82, 2.24) is 10.2 Å². The fraction of sp³-hybridized carbons (Fsp3) is 0.263. The van der Waals surface area contributed by atoms with Gasteiger partial charge in [-0.05, 0) is 18.7 Å². The van der Waals surface area contributed by atoms with Crippen LogP contribution < -0.4 is 20.5 Å². The molecule has 7 heteroatoms. The maximum Gasteiger partial charge on any atom is 0.318 e. The van der Waals surface area contributed by atoms with Gasteiger partial charge in [0.15, 0.2) is 0 Å². The van der Waals surface area contributed by atoms with Crippen LogP contribution in [0.2, 0.25) is 0 Å². The molecule has 0 radical (unpaired) electrons. The van der Waals surface area contributed by atoms with Crippen LogP contribution in [-0.2, 0) is 11.3 Å². The Morgan fingerprint density at radius 3 is 2.38 bits per heavy atom. The van der Waals surface area contributed by atoms with Gasteiger partial charge < -0.3 is 15.2 Å². The number of rotatable bonds is 7.